The van der Waals surface area contributed by atoms with Crippen LogP contribution in [-0.4, -0.2) is 21.1 Å². The van der Waals surface area contributed by atoms with Crippen LogP contribution in [0.25, 0.3) is 10.8 Å². The summed E-state index contributed by atoms with van der Waals surface area (Å²) in [5, 5.41) is 5.76. The van der Waals surface area contributed by atoms with Crippen molar-refractivity contribution in [1.29, 1.82) is 0 Å². The number of nitrogens with zero attached hydrogens (tertiary/aromatic N) is 1. The Bertz CT molecular complexity index is 639. The Morgan fingerprint density at radius 2 is 1.38 bits per heavy atom. The molecule has 0 atom stereocenters. The molecule has 0 aliphatic rings. The van der Waals surface area contributed by atoms with Crippen molar-refractivity contribution in [2.24, 2.45) is 5.73 Å². The molecule has 3 N–H and O–H groups in total. The normalized spacial score (nSPS) is 10.1. The molecule has 0 unspecified atom stereocenters. The zero-order valence-corrected chi connectivity index (χ0v) is 18.7. The van der Waals surface area contributed by atoms with Crippen LogP contribution < -0.4 is 16.0 Å². The van der Waals surface area contributed by atoms with Crippen molar-refractivity contribution in [3.63, 3.8) is 0 Å². The molecule has 0 radical (unpaired) electrons. The minimum absolute atomic E-state index is 0.826. The number of fused-ring (bicyclic) bond motifs is 1. The van der Waals surface area contributed by atoms with Crippen LogP contribution in [-0.2, 0) is 6.42 Å². The van der Waals surface area contributed by atoms with Crippen molar-refractivity contribution in [2.75, 3.05) is 26.0 Å². The number of hydrogen-bond donors (Lipinski definition) is 2. The van der Waals surface area contributed by atoms with Crippen LogP contribution in [0.5, 0.6) is 0 Å². The quantitative estimate of drug-likeness (QED) is 0.710. The summed E-state index contributed by atoms with van der Waals surface area (Å²) in [6.45, 7) is 13.9. The van der Waals surface area contributed by atoms with E-state index in [-0.39, 0.29) is 0 Å². The number of anilines is 1. The van der Waals surface area contributed by atoms with E-state index in [0.29, 0.717) is 0 Å². The van der Waals surface area contributed by atoms with Gasteiger partial charge < -0.3 is 16.0 Å². The molecule has 0 spiro atoms. The van der Waals surface area contributed by atoms with Crippen molar-refractivity contribution in [3.8, 4) is 0 Å². The van der Waals surface area contributed by atoms with Crippen LogP contribution in [0.2, 0.25) is 0 Å². The average molecular weight is 360 g/mol. The van der Waals surface area contributed by atoms with E-state index < -0.39 is 0 Å². The van der Waals surface area contributed by atoms with Gasteiger partial charge in [0.1, 0.15) is 0 Å². The summed E-state index contributed by atoms with van der Waals surface area (Å²) < 4.78 is 0. The van der Waals surface area contributed by atoms with Gasteiger partial charge in [-0.1, -0.05) is 71.9 Å². The topological polar surface area (TPSA) is 41.3 Å². The van der Waals surface area contributed by atoms with Crippen LogP contribution >= 0.6 is 0 Å². The van der Waals surface area contributed by atoms with E-state index in [2.05, 4.69) is 60.7 Å². The minimum Gasteiger partial charge on any atom is -0.401 e. The first-order valence-electron chi connectivity index (χ1n) is 9.85. The van der Waals surface area contributed by atoms with Crippen LogP contribution in [0.3, 0.4) is 0 Å². The van der Waals surface area contributed by atoms with E-state index in [0.717, 1.165) is 17.8 Å². The summed E-state index contributed by atoms with van der Waals surface area (Å²) in [4.78, 5) is 2.15. The molecule has 0 heterocycles. The third-order valence-electron chi connectivity index (χ3n) is 3.62. The molecule has 0 saturated heterocycles. The van der Waals surface area contributed by atoms with Crippen molar-refractivity contribution >= 4 is 16.5 Å². The van der Waals surface area contributed by atoms with Crippen molar-refractivity contribution in [1.82, 2.24) is 5.32 Å². The summed E-state index contributed by atoms with van der Waals surface area (Å²) in [6, 6.07) is 12.9. The fourth-order valence-electron chi connectivity index (χ4n) is 2.51. The van der Waals surface area contributed by atoms with Gasteiger partial charge in [0.2, 0.25) is 0 Å². The Morgan fingerprint density at radius 3 is 1.81 bits per heavy atom. The average Bonchev–Trinajstić information content (AvgIpc) is 2.70. The smallest absolute Gasteiger partial charge is 0.0440 e. The fourth-order valence-corrected chi connectivity index (χ4v) is 2.51. The molecular formula is C23H41N3. The molecule has 0 aromatic heterocycles. The number of allylic oxidation sites excluding steroid dienone is 2. The number of rotatable bonds is 4. The van der Waals surface area contributed by atoms with E-state index in [1.54, 1.807) is 0 Å². The summed E-state index contributed by atoms with van der Waals surface area (Å²) in [6.07, 6.45) is 0.826. The second-order valence-corrected chi connectivity index (χ2v) is 5.27. The molecule has 0 bridgehead atoms. The number of nitrogens with one attached hydrogen (secondary N) is 1. The molecule has 148 valence electrons. The molecule has 2 aromatic rings. The standard InChI is InChI=1S/C17H23N3.3C2H6/c1-12(18)16(19-2)11-13-9-10-17(20(3)4)15-8-6-5-7-14(13)15;3*1-2/h5-10,19H,11,18H2,1-4H3;3*1-2H3/b16-12-;;;. The van der Waals surface area contributed by atoms with Gasteiger partial charge in [-0.15, -0.1) is 0 Å². The molecule has 3 heteroatoms. The second-order valence-electron chi connectivity index (χ2n) is 5.27. The Labute approximate surface area is 162 Å². The lowest BCUT2D eigenvalue weighted by molar-refractivity contribution is 0.890. The summed E-state index contributed by atoms with van der Waals surface area (Å²) in [7, 11) is 6.07. The molecule has 0 aliphatic carbocycles. The van der Waals surface area contributed by atoms with Gasteiger partial charge >= 0.3 is 0 Å². The predicted octanol–water partition coefficient (Wildman–Crippen LogP) is 5.94. The molecule has 3 nitrogen and oxygen atoms in total. The van der Waals surface area contributed by atoms with Crippen molar-refractivity contribution in [3.05, 3.63) is 53.4 Å². The third kappa shape index (κ3) is 7.38. The molecule has 0 amide bonds. The Hall–Kier alpha value is -2.16. The molecule has 2 aromatic carbocycles. The highest BCUT2D eigenvalue weighted by Crippen LogP contribution is 2.29. The van der Waals surface area contributed by atoms with Gasteiger partial charge in [0.15, 0.2) is 0 Å². The highest BCUT2D eigenvalue weighted by atomic mass is 15.1. The van der Waals surface area contributed by atoms with E-state index in [1.165, 1.54) is 22.0 Å². The van der Waals surface area contributed by atoms with Crippen LogP contribution in [0.1, 0.15) is 54.0 Å². The molecule has 26 heavy (non-hydrogen) atoms. The van der Waals surface area contributed by atoms with E-state index in [9.17, 15) is 0 Å². The maximum atomic E-state index is 5.93. The minimum atomic E-state index is 0.826. The summed E-state index contributed by atoms with van der Waals surface area (Å²) >= 11 is 0. The number of benzene rings is 2. The predicted molar refractivity (Wildman–Crippen MR) is 122 cm³/mol. The monoisotopic (exact) mass is 359 g/mol. The van der Waals surface area contributed by atoms with Gasteiger partial charge in [-0.05, 0) is 23.9 Å². The first-order chi connectivity index (χ1) is 12.5. The third-order valence-corrected chi connectivity index (χ3v) is 3.62. The maximum Gasteiger partial charge on any atom is 0.0440 e. The largest absolute Gasteiger partial charge is 0.401 e. The van der Waals surface area contributed by atoms with Crippen molar-refractivity contribution < 1.29 is 0 Å². The van der Waals surface area contributed by atoms with Crippen LogP contribution in [0.4, 0.5) is 5.69 Å². The van der Waals surface area contributed by atoms with Gasteiger partial charge in [0.25, 0.3) is 0 Å². The molecule has 0 aliphatic heterocycles. The Kier molecular flexibility index (Phi) is 15.2. The zero-order chi connectivity index (χ0) is 20.7. The van der Waals surface area contributed by atoms with Gasteiger partial charge in [-0.2, -0.15) is 0 Å². The fraction of sp³-hybridized carbons (Fsp3) is 0.478. The van der Waals surface area contributed by atoms with E-state index >= 15 is 0 Å². The lowest BCUT2D eigenvalue weighted by Gasteiger charge is -2.18. The highest BCUT2D eigenvalue weighted by Gasteiger charge is 2.09. The first-order valence-corrected chi connectivity index (χ1v) is 9.85. The molecular weight excluding hydrogens is 318 g/mol. The lowest BCUT2D eigenvalue weighted by atomic mass is 9.98. The van der Waals surface area contributed by atoms with Gasteiger partial charge in [0, 0.05) is 50.0 Å². The number of nitrogens with two attached hydrogens (primary N) is 1. The van der Waals surface area contributed by atoms with Crippen LogP contribution in [0, 0.1) is 0 Å². The van der Waals surface area contributed by atoms with Crippen molar-refractivity contribution in [2.45, 2.75) is 54.9 Å². The number of likely N-dealkylation sites (N-methyl/N-ethyl adjacent to an activating group) is 1. The lowest BCUT2D eigenvalue weighted by Crippen LogP contribution is -2.15. The van der Waals surface area contributed by atoms with Gasteiger partial charge in [0.05, 0.1) is 0 Å². The highest BCUT2D eigenvalue weighted by molar-refractivity contribution is 5.96. The summed E-state index contributed by atoms with van der Waals surface area (Å²) in [5.41, 5.74) is 10.4. The Morgan fingerprint density at radius 1 is 0.885 bits per heavy atom. The second kappa shape index (κ2) is 15.1. The first kappa shape index (κ1) is 26.1. The molecule has 0 saturated carbocycles. The number of hydrogen-bond acceptors (Lipinski definition) is 3. The van der Waals surface area contributed by atoms with E-state index in [1.807, 2.05) is 55.5 Å². The Balaban J connectivity index is 0. The van der Waals surface area contributed by atoms with E-state index in [4.69, 9.17) is 5.73 Å². The van der Waals surface area contributed by atoms with Crippen LogP contribution in [0.15, 0.2) is 47.8 Å². The zero-order valence-electron chi connectivity index (χ0n) is 18.7. The maximum absolute atomic E-state index is 5.93. The molecule has 2 rings (SSSR count). The molecule has 0 fully saturated rings. The SMILES string of the molecule is CC.CC.CC.CN/C(Cc1ccc(N(C)C)c2ccccc12)=C(/C)N. The van der Waals surface area contributed by atoms with Gasteiger partial charge in [-0.25, -0.2) is 0 Å². The van der Waals surface area contributed by atoms with Gasteiger partial charge in [-0.3, -0.25) is 0 Å². The summed E-state index contributed by atoms with van der Waals surface area (Å²) in [5.74, 6) is 0.